The van der Waals surface area contributed by atoms with E-state index in [1.807, 2.05) is 41.8 Å². The van der Waals surface area contributed by atoms with Gasteiger partial charge in [0.15, 0.2) is 0 Å². The van der Waals surface area contributed by atoms with Crippen LogP contribution in [0.25, 0.3) is 10.4 Å². The monoisotopic (exact) mass is 359 g/mol. The van der Waals surface area contributed by atoms with Crippen LogP contribution in [0.1, 0.15) is 0 Å². The van der Waals surface area contributed by atoms with Crippen LogP contribution in [0.15, 0.2) is 53.0 Å². The number of hydrogen-bond acceptors (Lipinski definition) is 7. The summed E-state index contributed by atoms with van der Waals surface area (Å²) >= 11 is 1.65. The highest BCUT2D eigenvalue weighted by Crippen LogP contribution is 2.30. The maximum absolute atomic E-state index is 12.3. The predicted molar refractivity (Wildman–Crippen MR) is 94.1 cm³/mol. The second kappa shape index (κ2) is 7.50. The zero-order chi connectivity index (χ0) is 17.8. The summed E-state index contributed by atoms with van der Waals surface area (Å²) in [7, 11) is 2.54. The lowest BCUT2D eigenvalue weighted by Gasteiger charge is -2.31. The molecule has 0 atom stereocenters. The molecule has 0 radical (unpaired) electrons. The van der Waals surface area contributed by atoms with Crippen molar-refractivity contribution in [3.05, 3.63) is 53.0 Å². The number of benzene rings is 1. The fraction of sp³-hybridized carbons (Fsp3) is 0.222. The largest absolute Gasteiger partial charge is 0.466 e. The Morgan fingerprint density at radius 3 is 2.40 bits per heavy atom. The van der Waals surface area contributed by atoms with E-state index in [1.165, 1.54) is 14.2 Å². The molecule has 3 rings (SSSR count). The highest BCUT2D eigenvalue weighted by molar-refractivity contribution is 7.13. The van der Waals surface area contributed by atoms with Crippen LogP contribution in [-0.4, -0.2) is 39.5 Å². The van der Waals surface area contributed by atoms with E-state index in [1.54, 1.807) is 16.2 Å². The zero-order valence-electron chi connectivity index (χ0n) is 13.9. The lowest BCUT2D eigenvalue weighted by molar-refractivity contribution is -0.140. The van der Waals surface area contributed by atoms with E-state index in [9.17, 15) is 9.59 Å². The van der Waals surface area contributed by atoms with E-state index < -0.39 is 11.9 Å². The fourth-order valence-electron chi connectivity index (χ4n) is 2.60. The number of carbonyl (C=O) groups excluding carboxylic acids is 2. The minimum Gasteiger partial charge on any atom is -0.466 e. The van der Waals surface area contributed by atoms with Crippen molar-refractivity contribution in [3.8, 4) is 10.4 Å². The summed E-state index contributed by atoms with van der Waals surface area (Å²) in [5.74, 6) is -1.22. The smallest absolute Gasteiger partial charge is 0.355 e. The topological polar surface area (TPSA) is 65.1 Å². The molecule has 0 spiro atoms. The van der Waals surface area contributed by atoms with Gasteiger partial charge < -0.3 is 19.1 Å². The van der Waals surface area contributed by atoms with Crippen LogP contribution in [0.3, 0.4) is 0 Å². The molecule has 0 aliphatic carbocycles. The third-order valence-electron chi connectivity index (χ3n) is 3.82. The van der Waals surface area contributed by atoms with E-state index >= 15 is 0 Å². The van der Waals surface area contributed by atoms with Gasteiger partial charge in [-0.25, -0.2) is 9.59 Å². The number of nitrogens with zero attached hydrogens (tertiary/aromatic N) is 1. The summed E-state index contributed by atoms with van der Waals surface area (Å²) in [4.78, 5) is 27.0. The van der Waals surface area contributed by atoms with E-state index in [-0.39, 0.29) is 24.6 Å². The van der Waals surface area contributed by atoms with Gasteiger partial charge in [-0.05, 0) is 29.1 Å². The van der Waals surface area contributed by atoms with Crippen LogP contribution in [0.4, 0.5) is 5.69 Å². The minimum atomic E-state index is -0.611. The van der Waals surface area contributed by atoms with Crippen molar-refractivity contribution in [1.82, 2.24) is 0 Å². The Balaban J connectivity index is 1.99. The number of esters is 2. The first kappa shape index (κ1) is 17.2. The van der Waals surface area contributed by atoms with Gasteiger partial charge in [0.2, 0.25) is 0 Å². The van der Waals surface area contributed by atoms with Crippen molar-refractivity contribution < 1.29 is 23.8 Å². The number of hydrogen-bond donors (Lipinski definition) is 0. The molecule has 130 valence electrons. The minimum absolute atomic E-state index is 0.000879. The van der Waals surface area contributed by atoms with Crippen molar-refractivity contribution in [2.24, 2.45) is 0 Å². The third kappa shape index (κ3) is 3.42. The quantitative estimate of drug-likeness (QED) is 0.782. The van der Waals surface area contributed by atoms with Gasteiger partial charge in [-0.3, -0.25) is 0 Å². The van der Waals surface area contributed by atoms with E-state index in [0.717, 1.165) is 16.1 Å². The summed E-state index contributed by atoms with van der Waals surface area (Å²) in [6, 6.07) is 11.7. The zero-order valence-corrected chi connectivity index (χ0v) is 14.7. The van der Waals surface area contributed by atoms with Crippen molar-refractivity contribution in [2.75, 3.05) is 32.5 Å². The molecule has 25 heavy (non-hydrogen) atoms. The van der Waals surface area contributed by atoms with Crippen molar-refractivity contribution >= 4 is 29.0 Å². The summed E-state index contributed by atoms with van der Waals surface area (Å²) in [6.45, 7) is 0.143. The van der Waals surface area contributed by atoms with Crippen LogP contribution in [-0.2, 0) is 23.8 Å². The van der Waals surface area contributed by atoms with Gasteiger partial charge in [0.05, 0.1) is 26.4 Å². The molecule has 1 aliphatic heterocycles. The van der Waals surface area contributed by atoms with Crippen LogP contribution in [0.2, 0.25) is 0 Å². The molecular weight excluding hydrogens is 342 g/mol. The van der Waals surface area contributed by atoms with Gasteiger partial charge in [0, 0.05) is 10.6 Å². The maximum atomic E-state index is 12.3. The molecule has 0 fully saturated rings. The highest BCUT2D eigenvalue weighted by Gasteiger charge is 2.32. The lowest BCUT2D eigenvalue weighted by Crippen LogP contribution is -2.38. The molecular formula is C18H17NO5S. The molecule has 0 saturated carbocycles. The molecule has 0 saturated heterocycles. The number of rotatable bonds is 4. The number of methoxy groups -OCH3 is 2. The molecule has 0 amide bonds. The van der Waals surface area contributed by atoms with E-state index in [4.69, 9.17) is 14.2 Å². The van der Waals surface area contributed by atoms with Gasteiger partial charge in [-0.1, -0.05) is 18.2 Å². The molecule has 6 nitrogen and oxygen atoms in total. The normalized spacial score (nSPS) is 14.4. The Morgan fingerprint density at radius 2 is 1.80 bits per heavy atom. The lowest BCUT2D eigenvalue weighted by atomic mass is 10.1. The van der Waals surface area contributed by atoms with Crippen LogP contribution in [0, 0.1) is 0 Å². The Morgan fingerprint density at radius 1 is 1.08 bits per heavy atom. The highest BCUT2D eigenvalue weighted by atomic mass is 32.1. The number of thiophene rings is 1. The van der Waals surface area contributed by atoms with Gasteiger partial charge in [0.1, 0.15) is 12.4 Å². The fourth-order valence-corrected chi connectivity index (χ4v) is 3.33. The molecule has 1 aromatic carbocycles. The van der Waals surface area contributed by atoms with Gasteiger partial charge in [0.25, 0.3) is 0 Å². The first-order valence-corrected chi connectivity index (χ1v) is 8.42. The van der Waals surface area contributed by atoms with Crippen LogP contribution in [0.5, 0.6) is 0 Å². The summed E-state index contributed by atoms with van der Waals surface area (Å²) < 4.78 is 15.1. The molecule has 0 unspecified atom stereocenters. The van der Waals surface area contributed by atoms with Crippen molar-refractivity contribution in [1.29, 1.82) is 0 Å². The summed E-state index contributed by atoms with van der Waals surface area (Å²) in [5, 5.41) is 2.02. The Hall–Kier alpha value is -2.64. The van der Waals surface area contributed by atoms with Crippen LogP contribution >= 0.6 is 11.3 Å². The molecule has 2 aromatic rings. The second-order valence-electron chi connectivity index (χ2n) is 5.24. The van der Waals surface area contributed by atoms with Crippen LogP contribution < -0.4 is 4.90 Å². The van der Waals surface area contributed by atoms with E-state index in [0.29, 0.717) is 0 Å². The third-order valence-corrected chi connectivity index (χ3v) is 4.74. The Kier molecular flexibility index (Phi) is 5.16. The molecule has 2 heterocycles. The summed E-state index contributed by atoms with van der Waals surface area (Å²) in [5.41, 5.74) is 2.09. The number of anilines is 1. The summed E-state index contributed by atoms with van der Waals surface area (Å²) in [6.07, 6.45) is 0. The van der Waals surface area contributed by atoms with Crippen molar-refractivity contribution in [2.45, 2.75) is 0 Å². The number of carbonyl (C=O) groups is 2. The SMILES string of the molecule is COC(=O)C1=C(C(=O)OC)N(c2ccc(-c3cccs3)cc2)COC1. The molecule has 1 aliphatic rings. The second-order valence-corrected chi connectivity index (χ2v) is 6.19. The Labute approximate surface area is 149 Å². The van der Waals surface area contributed by atoms with Gasteiger partial charge >= 0.3 is 11.9 Å². The standard InChI is InChI=1S/C18H17NO5S/c1-22-17(20)14-10-24-11-19(16(14)18(21)23-2)13-7-5-12(6-8-13)15-4-3-9-25-15/h3-9H,10-11H2,1-2H3. The average Bonchev–Trinajstić information content (AvgIpc) is 3.21. The number of ether oxygens (including phenoxy) is 3. The molecule has 0 N–H and O–H groups in total. The molecule has 1 aromatic heterocycles. The first-order chi connectivity index (χ1) is 12.2. The average molecular weight is 359 g/mol. The molecule has 7 heteroatoms. The van der Waals surface area contributed by atoms with Gasteiger partial charge in [-0.2, -0.15) is 0 Å². The maximum Gasteiger partial charge on any atom is 0.355 e. The van der Waals surface area contributed by atoms with Gasteiger partial charge in [-0.15, -0.1) is 11.3 Å². The first-order valence-electron chi connectivity index (χ1n) is 7.54. The Bertz CT molecular complexity index is 795. The van der Waals surface area contributed by atoms with Crippen molar-refractivity contribution in [3.63, 3.8) is 0 Å². The predicted octanol–water partition coefficient (Wildman–Crippen LogP) is 2.81. The van der Waals surface area contributed by atoms with E-state index in [2.05, 4.69) is 0 Å². The molecule has 0 bridgehead atoms.